The van der Waals surface area contributed by atoms with Gasteiger partial charge in [0.25, 0.3) is 0 Å². The maximum absolute atomic E-state index is 12.9. The van der Waals surface area contributed by atoms with Gasteiger partial charge < -0.3 is 5.73 Å². The molecule has 3 aromatic rings. The second kappa shape index (κ2) is 4.22. The number of fused-ring (bicyclic) bond motifs is 1. The molecule has 0 unspecified atom stereocenters. The largest absolute Gasteiger partial charge is 0.418 e. The number of nitrogen functional groups attached to an aromatic ring is 1. The van der Waals surface area contributed by atoms with E-state index in [0.717, 1.165) is 6.20 Å². The van der Waals surface area contributed by atoms with Crippen molar-refractivity contribution in [2.24, 2.45) is 0 Å². The molecular weight excluding hydrogens is 269 g/mol. The Labute approximate surface area is 111 Å². The number of nitrogens with zero attached hydrogens (tertiary/aromatic N) is 2. The molecule has 0 atom stereocenters. The minimum atomic E-state index is -4.43. The van der Waals surface area contributed by atoms with Crippen molar-refractivity contribution in [3.63, 3.8) is 0 Å². The smallest absolute Gasteiger partial charge is 0.384 e. The van der Waals surface area contributed by atoms with Crippen molar-refractivity contribution in [1.82, 2.24) is 15.2 Å². The highest BCUT2D eigenvalue weighted by atomic mass is 19.4. The summed E-state index contributed by atoms with van der Waals surface area (Å²) in [4.78, 5) is 3.65. The maximum Gasteiger partial charge on any atom is 0.418 e. The third kappa shape index (κ3) is 1.97. The zero-order valence-electron chi connectivity index (χ0n) is 10.1. The van der Waals surface area contributed by atoms with Gasteiger partial charge >= 0.3 is 6.18 Å². The highest BCUT2D eigenvalue weighted by Gasteiger charge is 2.32. The Morgan fingerprint density at radius 2 is 1.90 bits per heavy atom. The molecule has 3 N–H and O–H groups in total. The number of anilines is 1. The predicted octanol–water partition coefficient (Wildman–Crippen LogP) is 3.23. The fraction of sp³-hybridized carbons (Fsp3) is 0.0769. The Morgan fingerprint density at radius 3 is 2.55 bits per heavy atom. The van der Waals surface area contributed by atoms with Crippen LogP contribution in [0.4, 0.5) is 19.0 Å². The molecule has 4 nitrogen and oxygen atoms in total. The number of aromatic nitrogens is 3. The lowest BCUT2D eigenvalue weighted by Crippen LogP contribution is -2.06. The Bertz CT molecular complexity index is 777. The molecule has 1 aromatic carbocycles. The summed E-state index contributed by atoms with van der Waals surface area (Å²) < 4.78 is 38.6. The van der Waals surface area contributed by atoms with Crippen LogP contribution >= 0.6 is 0 Å². The van der Waals surface area contributed by atoms with Crippen LogP contribution in [0.25, 0.3) is 21.9 Å². The molecule has 3 rings (SSSR count). The van der Waals surface area contributed by atoms with Crippen molar-refractivity contribution in [3.05, 3.63) is 42.4 Å². The van der Waals surface area contributed by atoms with Crippen molar-refractivity contribution in [2.45, 2.75) is 6.18 Å². The highest BCUT2D eigenvalue weighted by Crippen LogP contribution is 2.35. The van der Waals surface area contributed by atoms with Crippen molar-refractivity contribution in [3.8, 4) is 11.1 Å². The van der Waals surface area contributed by atoms with E-state index in [1.165, 1.54) is 18.5 Å². The van der Waals surface area contributed by atoms with E-state index in [2.05, 4.69) is 15.2 Å². The first-order valence-electron chi connectivity index (χ1n) is 5.71. The van der Waals surface area contributed by atoms with Gasteiger partial charge in [-0.05, 0) is 17.0 Å². The van der Waals surface area contributed by atoms with Crippen molar-refractivity contribution in [1.29, 1.82) is 0 Å². The zero-order chi connectivity index (χ0) is 14.3. The molecule has 2 heterocycles. The Kier molecular flexibility index (Phi) is 2.63. The molecule has 0 aliphatic rings. The molecule has 7 heteroatoms. The van der Waals surface area contributed by atoms with Crippen LogP contribution in [0.5, 0.6) is 0 Å². The SMILES string of the molecule is Nc1[nH]ncc1-c1ccc2c(C(F)(F)F)cncc2c1. The Hall–Kier alpha value is -2.57. The number of benzene rings is 1. The number of hydrogen-bond donors (Lipinski definition) is 2. The number of halogens is 3. The molecule has 0 fully saturated rings. The molecule has 0 amide bonds. The summed E-state index contributed by atoms with van der Waals surface area (Å²) in [5.41, 5.74) is 6.28. The summed E-state index contributed by atoms with van der Waals surface area (Å²) in [5, 5.41) is 6.88. The van der Waals surface area contributed by atoms with Crippen LogP contribution < -0.4 is 5.73 Å². The fourth-order valence-corrected chi connectivity index (χ4v) is 2.10. The van der Waals surface area contributed by atoms with E-state index in [1.807, 2.05) is 0 Å². The topological polar surface area (TPSA) is 67.6 Å². The zero-order valence-corrected chi connectivity index (χ0v) is 10.1. The molecule has 0 saturated carbocycles. The van der Waals surface area contributed by atoms with Crippen LogP contribution in [0.2, 0.25) is 0 Å². The van der Waals surface area contributed by atoms with Crippen molar-refractivity contribution in [2.75, 3.05) is 5.73 Å². The first-order valence-corrected chi connectivity index (χ1v) is 5.71. The molecule has 2 aromatic heterocycles. The number of aromatic amines is 1. The van der Waals surface area contributed by atoms with Crippen LogP contribution in [-0.2, 0) is 6.18 Å². The van der Waals surface area contributed by atoms with E-state index in [0.29, 0.717) is 22.3 Å². The van der Waals surface area contributed by atoms with E-state index in [4.69, 9.17) is 5.73 Å². The lowest BCUT2D eigenvalue weighted by atomic mass is 10.0. The van der Waals surface area contributed by atoms with Crippen molar-refractivity contribution < 1.29 is 13.2 Å². The normalized spacial score (nSPS) is 11.9. The van der Waals surface area contributed by atoms with Gasteiger partial charge in [-0.3, -0.25) is 10.1 Å². The van der Waals surface area contributed by atoms with Gasteiger partial charge in [-0.15, -0.1) is 0 Å². The van der Waals surface area contributed by atoms with Gasteiger partial charge in [0.15, 0.2) is 0 Å². The molecular formula is C13H9F3N4. The van der Waals surface area contributed by atoms with Crippen molar-refractivity contribution >= 4 is 16.6 Å². The van der Waals surface area contributed by atoms with E-state index in [-0.39, 0.29) is 5.39 Å². The minimum absolute atomic E-state index is 0.110. The Balaban J connectivity index is 2.21. The van der Waals surface area contributed by atoms with Gasteiger partial charge in [0, 0.05) is 23.3 Å². The number of nitrogens with one attached hydrogen (secondary N) is 1. The summed E-state index contributed by atoms with van der Waals surface area (Å²) in [6.45, 7) is 0. The minimum Gasteiger partial charge on any atom is -0.384 e. The van der Waals surface area contributed by atoms with Gasteiger partial charge in [0.05, 0.1) is 11.8 Å². The second-order valence-electron chi connectivity index (χ2n) is 4.32. The maximum atomic E-state index is 12.9. The molecule has 0 aliphatic carbocycles. The van der Waals surface area contributed by atoms with E-state index < -0.39 is 11.7 Å². The van der Waals surface area contributed by atoms with Gasteiger partial charge in [0.2, 0.25) is 0 Å². The summed E-state index contributed by atoms with van der Waals surface area (Å²) >= 11 is 0. The number of pyridine rings is 1. The van der Waals surface area contributed by atoms with E-state index in [9.17, 15) is 13.2 Å². The average molecular weight is 278 g/mol. The average Bonchev–Trinajstić information content (AvgIpc) is 2.82. The quantitative estimate of drug-likeness (QED) is 0.718. The number of nitrogens with two attached hydrogens (primary N) is 1. The number of rotatable bonds is 1. The third-order valence-corrected chi connectivity index (χ3v) is 3.04. The summed E-state index contributed by atoms with van der Waals surface area (Å²) in [5.74, 6) is 0.365. The van der Waals surface area contributed by atoms with Crippen LogP contribution in [0.3, 0.4) is 0 Å². The van der Waals surface area contributed by atoms with Gasteiger partial charge in [-0.25, -0.2) is 0 Å². The predicted molar refractivity (Wildman–Crippen MR) is 68.7 cm³/mol. The standard InChI is InChI=1S/C13H9F3N4/c14-13(15,16)11-6-18-4-8-3-7(1-2-9(8)11)10-5-19-20-12(10)17/h1-6H,(H3,17,19,20). The van der Waals surface area contributed by atoms with Gasteiger partial charge in [0.1, 0.15) is 5.82 Å². The summed E-state index contributed by atoms with van der Waals surface area (Å²) in [6.07, 6.45) is -0.682. The van der Waals surface area contributed by atoms with E-state index >= 15 is 0 Å². The molecule has 0 spiro atoms. The van der Waals surface area contributed by atoms with Crippen LogP contribution in [-0.4, -0.2) is 15.2 Å². The molecule has 0 aliphatic heterocycles. The fourth-order valence-electron chi connectivity index (χ4n) is 2.10. The monoisotopic (exact) mass is 278 g/mol. The molecule has 0 bridgehead atoms. The first-order chi connectivity index (χ1) is 9.47. The molecule has 20 heavy (non-hydrogen) atoms. The summed E-state index contributed by atoms with van der Waals surface area (Å²) in [7, 11) is 0. The van der Waals surface area contributed by atoms with E-state index in [1.54, 1.807) is 12.1 Å². The lowest BCUT2D eigenvalue weighted by molar-refractivity contribution is -0.136. The highest BCUT2D eigenvalue weighted by molar-refractivity contribution is 5.90. The molecule has 102 valence electrons. The van der Waals surface area contributed by atoms with Crippen LogP contribution in [0.1, 0.15) is 5.56 Å². The van der Waals surface area contributed by atoms with Crippen LogP contribution in [0.15, 0.2) is 36.8 Å². The first kappa shape index (κ1) is 12.5. The molecule has 0 radical (unpaired) electrons. The Morgan fingerprint density at radius 1 is 1.10 bits per heavy atom. The lowest BCUT2D eigenvalue weighted by Gasteiger charge is -2.10. The third-order valence-electron chi connectivity index (χ3n) is 3.04. The number of hydrogen-bond acceptors (Lipinski definition) is 3. The van der Waals surface area contributed by atoms with Crippen LogP contribution in [0, 0.1) is 0 Å². The van der Waals surface area contributed by atoms with Gasteiger partial charge in [-0.2, -0.15) is 18.3 Å². The number of H-pyrrole nitrogens is 1. The van der Waals surface area contributed by atoms with Gasteiger partial charge in [-0.1, -0.05) is 12.1 Å². The second-order valence-corrected chi connectivity index (χ2v) is 4.32. The summed E-state index contributed by atoms with van der Waals surface area (Å²) in [6, 6.07) is 4.61. The molecule has 0 saturated heterocycles. The number of alkyl halides is 3.